The van der Waals surface area contributed by atoms with Gasteiger partial charge >= 0.3 is 6.36 Å². The van der Waals surface area contributed by atoms with E-state index >= 15 is 0 Å². The molecule has 4 N–H and O–H groups in total. The van der Waals surface area contributed by atoms with Gasteiger partial charge < -0.3 is 11.5 Å². The largest absolute Gasteiger partial charge is 0.593 e. The molecule has 0 rings (SSSR count). The molecule has 54 valence electrons. The Hall–Kier alpha value is -1.14. The second kappa shape index (κ2) is 2.42. The van der Waals surface area contributed by atoms with Crippen LogP contribution in [0.15, 0.2) is 5.16 Å². The quantitative estimate of drug-likeness (QED) is 0.301. The lowest BCUT2D eigenvalue weighted by molar-refractivity contribution is -0.325. The van der Waals surface area contributed by atoms with Crippen molar-refractivity contribution >= 4 is 5.96 Å². The van der Waals surface area contributed by atoms with Crippen molar-refractivity contribution in [1.82, 2.24) is 0 Å². The number of halogens is 3. The van der Waals surface area contributed by atoms with Crippen molar-refractivity contribution in [1.29, 1.82) is 0 Å². The minimum Gasteiger partial charge on any atom is -0.367 e. The summed E-state index contributed by atoms with van der Waals surface area (Å²) in [6, 6.07) is 0. The van der Waals surface area contributed by atoms with Gasteiger partial charge in [0.15, 0.2) is 0 Å². The summed E-state index contributed by atoms with van der Waals surface area (Å²) in [4.78, 5) is 2.83. The molecule has 0 aromatic carbocycles. The standard InChI is InChI=1S/C2H4F3N3O/c3-2(4,5)9-8-1(6)7/h(H4,6,7,8). The molecule has 0 saturated carbocycles. The van der Waals surface area contributed by atoms with Crippen LogP contribution in [-0.2, 0) is 4.84 Å². The molecule has 0 aromatic heterocycles. The summed E-state index contributed by atoms with van der Waals surface area (Å²) >= 11 is 0. The van der Waals surface area contributed by atoms with E-state index in [-0.39, 0.29) is 0 Å². The highest BCUT2D eigenvalue weighted by molar-refractivity contribution is 5.74. The van der Waals surface area contributed by atoms with E-state index in [9.17, 15) is 13.2 Å². The number of alkyl halides is 3. The summed E-state index contributed by atoms with van der Waals surface area (Å²) in [5, 5.41) is 2.24. The minimum atomic E-state index is -4.82. The Balaban J connectivity index is 3.64. The van der Waals surface area contributed by atoms with E-state index in [0.29, 0.717) is 0 Å². The van der Waals surface area contributed by atoms with Gasteiger partial charge in [0.2, 0.25) is 5.96 Å². The number of oxime groups is 1. The summed E-state index contributed by atoms with van der Waals surface area (Å²) in [6.07, 6.45) is -4.82. The van der Waals surface area contributed by atoms with Crippen LogP contribution in [0.5, 0.6) is 0 Å². The molecular formula is C2H4F3N3O. The average molecular weight is 143 g/mol. The summed E-state index contributed by atoms with van der Waals surface area (Å²) in [7, 11) is 0. The van der Waals surface area contributed by atoms with Crippen molar-refractivity contribution in [2.45, 2.75) is 6.36 Å². The molecule has 0 atom stereocenters. The fourth-order valence-electron chi connectivity index (χ4n) is 0.104. The Morgan fingerprint density at radius 2 is 1.78 bits per heavy atom. The molecule has 0 saturated heterocycles. The fourth-order valence-corrected chi connectivity index (χ4v) is 0.104. The van der Waals surface area contributed by atoms with Crippen LogP contribution in [0.2, 0.25) is 0 Å². The van der Waals surface area contributed by atoms with Gasteiger partial charge in [-0.25, -0.2) is 0 Å². The van der Waals surface area contributed by atoms with Gasteiger partial charge in [-0.3, -0.25) is 4.84 Å². The van der Waals surface area contributed by atoms with E-state index in [4.69, 9.17) is 0 Å². The number of guanidine groups is 1. The number of nitrogens with zero attached hydrogens (tertiary/aromatic N) is 1. The highest BCUT2D eigenvalue weighted by atomic mass is 19.4. The fraction of sp³-hybridized carbons (Fsp3) is 0.500. The van der Waals surface area contributed by atoms with Crippen LogP contribution in [-0.4, -0.2) is 12.3 Å². The highest BCUT2D eigenvalue weighted by Crippen LogP contribution is 2.15. The molecule has 0 aliphatic heterocycles. The van der Waals surface area contributed by atoms with Crippen molar-refractivity contribution < 1.29 is 18.0 Å². The van der Waals surface area contributed by atoms with Crippen molar-refractivity contribution in [2.75, 3.05) is 0 Å². The topological polar surface area (TPSA) is 73.6 Å². The van der Waals surface area contributed by atoms with Crippen LogP contribution in [0.4, 0.5) is 13.2 Å². The smallest absolute Gasteiger partial charge is 0.367 e. The Kier molecular flexibility index (Phi) is 2.12. The monoisotopic (exact) mass is 143 g/mol. The van der Waals surface area contributed by atoms with Crippen LogP contribution in [0.3, 0.4) is 0 Å². The third kappa shape index (κ3) is 6.86. The Morgan fingerprint density at radius 3 is 1.89 bits per heavy atom. The van der Waals surface area contributed by atoms with Gasteiger partial charge in [0.05, 0.1) is 0 Å². The molecule has 0 unspecified atom stereocenters. The van der Waals surface area contributed by atoms with Crippen LogP contribution in [0.25, 0.3) is 0 Å². The maximum Gasteiger partial charge on any atom is 0.593 e. The van der Waals surface area contributed by atoms with Gasteiger partial charge in [-0.05, 0) is 5.16 Å². The number of hydrogen-bond acceptors (Lipinski definition) is 2. The molecule has 0 amide bonds. The lowest BCUT2D eigenvalue weighted by atomic mass is 11.1. The molecule has 0 aliphatic rings. The van der Waals surface area contributed by atoms with Gasteiger partial charge in [0.1, 0.15) is 0 Å². The molecule has 4 nitrogen and oxygen atoms in total. The molecule has 0 bridgehead atoms. The normalized spacial score (nSPS) is 10.6. The van der Waals surface area contributed by atoms with Gasteiger partial charge in [0, 0.05) is 0 Å². The maximum atomic E-state index is 11.0. The Morgan fingerprint density at radius 1 is 1.33 bits per heavy atom. The first-order valence-electron chi connectivity index (χ1n) is 1.75. The average Bonchev–Trinajstić information content (AvgIpc) is 1.59. The van der Waals surface area contributed by atoms with E-state index in [1.54, 1.807) is 0 Å². The molecule has 0 aromatic rings. The van der Waals surface area contributed by atoms with Gasteiger partial charge in [-0.2, -0.15) is 0 Å². The Labute approximate surface area is 48.2 Å². The third-order valence-corrected chi connectivity index (χ3v) is 0.255. The minimum absolute atomic E-state index is 0.771. The van der Waals surface area contributed by atoms with Gasteiger partial charge in [-0.1, -0.05) is 0 Å². The van der Waals surface area contributed by atoms with E-state index < -0.39 is 12.3 Å². The lowest BCUT2D eigenvalue weighted by Crippen LogP contribution is -2.24. The zero-order chi connectivity index (χ0) is 7.49. The van der Waals surface area contributed by atoms with Crippen molar-refractivity contribution in [2.24, 2.45) is 16.6 Å². The molecule has 9 heavy (non-hydrogen) atoms. The predicted octanol–water partition coefficient (Wildman–Crippen LogP) is -0.289. The number of nitrogens with two attached hydrogens (primary N) is 2. The van der Waals surface area contributed by atoms with E-state index in [0.717, 1.165) is 0 Å². The van der Waals surface area contributed by atoms with Gasteiger partial charge in [-0.15, -0.1) is 13.2 Å². The van der Waals surface area contributed by atoms with E-state index in [2.05, 4.69) is 21.5 Å². The first-order chi connectivity index (χ1) is 3.92. The van der Waals surface area contributed by atoms with Crippen LogP contribution >= 0.6 is 0 Å². The predicted molar refractivity (Wildman–Crippen MR) is 22.9 cm³/mol. The summed E-state index contributed by atoms with van der Waals surface area (Å²) in [5.41, 5.74) is 9.00. The zero-order valence-corrected chi connectivity index (χ0v) is 4.14. The maximum absolute atomic E-state index is 11.0. The van der Waals surface area contributed by atoms with Crippen molar-refractivity contribution in [3.63, 3.8) is 0 Å². The zero-order valence-electron chi connectivity index (χ0n) is 4.14. The molecule has 0 radical (unpaired) electrons. The second-order valence-electron chi connectivity index (χ2n) is 1.05. The highest BCUT2D eigenvalue weighted by Gasteiger charge is 2.31. The molecule has 0 heterocycles. The van der Waals surface area contributed by atoms with Crippen LogP contribution in [0.1, 0.15) is 0 Å². The first-order valence-corrected chi connectivity index (χ1v) is 1.75. The van der Waals surface area contributed by atoms with E-state index in [1.807, 2.05) is 0 Å². The lowest BCUT2D eigenvalue weighted by Gasteiger charge is -2.00. The summed E-state index contributed by atoms with van der Waals surface area (Å²) in [5.74, 6) is -0.771. The van der Waals surface area contributed by atoms with Crippen LogP contribution in [0, 0.1) is 0 Å². The van der Waals surface area contributed by atoms with Crippen LogP contribution < -0.4 is 11.5 Å². The first kappa shape index (κ1) is 7.86. The number of rotatable bonds is 1. The summed E-state index contributed by atoms with van der Waals surface area (Å²) < 4.78 is 32.9. The SMILES string of the molecule is NC(N)=NOC(F)(F)F. The molecule has 0 spiro atoms. The van der Waals surface area contributed by atoms with Gasteiger partial charge in [0.25, 0.3) is 0 Å². The Bertz CT molecular complexity index is 115. The second-order valence-corrected chi connectivity index (χ2v) is 1.05. The molecule has 0 aliphatic carbocycles. The summed E-state index contributed by atoms with van der Waals surface area (Å²) in [6.45, 7) is 0. The van der Waals surface area contributed by atoms with Crippen molar-refractivity contribution in [3.8, 4) is 0 Å². The third-order valence-electron chi connectivity index (χ3n) is 0.255. The molecular weight excluding hydrogens is 139 g/mol. The van der Waals surface area contributed by atoms with E-state index in [1.165, 1.54) is 0 Å². The number of hydrogen-bond donors (Lipinski definition) is 2. The molecule has 7 heteroatoms. The molecule has 0 fully saturated rings. The van der Waals surface area contributed by atoms with Crippen molar-refractivity contribution in [3.05, 3.63) is 0 Å².